The van der Waals surface area contributed by atoms with Gasteiger partial charge in [0, 0.05) is 43.1 Å². The maximum Gasteiger partial charge on any atom is 0.289 e. The van der Waals surface area contributed by atoms with E-state index < -0.39 is 44.6 Å². The Kier molecular flexibility index (Phi) is 10.8. The molecule has 2 aliphatic rings. The van der Waals surface area contributed by atoms with Gasteiger partial charge in [0.05, 0.1) is 9.82 Å². The van der Waals surface area contributed by atoms with Crippen LogP contribution in [-0.4, -0.2) is 80.2 Å². The number of amides is 2. The molecule has 2 amide bonds. The molecule has 3 aromatic rings. The molecule has 2 aliphatic heterocycles. The molecule has 14 nitrogen and oxygen atoms in total. The van der Waals surface area contributed by atoms with Crippen LogP contribution in [0.4, 0.5) is 5.69 Å². The van der Waals surface area contributed by atoms with Crippen molar-refractivity contribution in [3.63, 3.8) is 0 Å². The average Bonchev–Trinajstić information content (AvgIpc) is 3.08. The number of ether oxygens (including phenoxy) is 2. The summed E-state index contributed by atoms with van der Waals surface area (Å²) in [6.45, 7) is 2.87. The number of hydrogen-bond donors (Lipinski definition) is 3. The molecule has 0 radical (unpaired) electrons. The summed E-state index contributed by atoms with van der Waals surface area (Å²) < 4.78 is 40.7. The lowest BCUT2D eigenvalue weighted by atomic mass is 9.99. The first-order valence-corrected chi connectivity index (χ1v) is 17.1. The minimum absolute atomic E-state index is 0.0624. The third-order valence-electron chi connectivity index (χ3n) is 7.52. The van der Waals surface area contributed by atoms with E-state index in [-0.39, 0.29) is 30.1 Å². The van der Waals surface area contributed by atoms with Crippen LogP contribution < -0.4 is 24.8 Å². The summed E-state index contributed by atoms with van der Waals surface area (Å²) in [6.07, 6.45) is 0.416. The molecule has 2 heterocycles. The normalized spacial score (nSPS) is 16.4. The van der Waals surface area contributed by atoms with Crippen LogP contribution in [0.3, 0.4) is 0 Å². The Bertz CT molecular complexity index is 1750. The molecule has 5 rings (SSSR count). The molecule has 0 saturated heterocycles. The van der Waals surface area contributed by atoms with Gasteiger partial charge >= 0.3 is 0 Å². The Morgan fingerprint density at radius 1 is 1.02 bits per heavy atom. The molecule has 0 spiro atoms. The van der Waals surface area contributed by atoms with Crippen molar-refractivity contribution in [2.45, 2.75) is 41.6 Å². The molecule has 248 valence electrons. The zero-order valence-electron chi connectivity index (χ0n) is 25.3. The summed E-state index contributed by atoms with van der Waals surface area (Å²) in [4.78, 5) is 51.0. The quantitative estimate of drug-likeness (QED) is 0.0787. The van der Waals surface area contributed by atoms with E-state index in [2.05, 4.69) is 15.4 Å². The molecule has 0 bridgehead atoms. The smallest absolute Gasteiger partial charge is 0.289 e. The summed E-state index contributed by atoms with van der Waals surface area (Å²) in [5, 5.41) is 16.1. The minimum atomic E-state index is -4.03. The van der Waals surface area contributed by atoms with E-state index in [0.717, 1.165) is 40.3 Å². The van der Waals surface area contributed by atoms with Gasteiger partial charge in [0.2, 0.25) is 21.7 Å². The van der Waals surface area contributed by atoms with Gasteiger partial charge in [0.15, 0.2) is 11.5 Å². The number of Topliss-reactive ketones (excluding diaryl/α,β-unsaturated/α-hetero) is 1. The van der Waals surface area contributed by atoms with Gasteiger partial charge in [-0.1, -0.05) is 37.3 Å². The van der Waals surface area contributed by atoms with Gasteiger partial charge < -0.3 is 20.1 Å². The van der Waals surface area contributed by atoms with Gasteiger partial charge in [-0.2, -0.15) is 0 Å². The first-order valence-electron chi connectivity index (χ1n) is 14.8. The second-order valence-corrected chi connectivity index (χ2v) is 13.5. The second kappa shape index (κ2) is 14.9. The lowest BCUT2D eigenvalue weighted by Crippen LogP contribution is -2.55. The van der Waals surface area contributed by atoms with E-state index in [1.165, 1.54) is 11.9 Å². The van der Waals surface area contributed by atoms with Gasteiger partial charge in [0.1, 0.15) is 25.3 Å². The molecule has 16 heteroatoms. The third kappa shape index (κ3) is 8.26. The Morgan fingerprint density at radius 2 is 1.70 bits per heavy atom. The first-order chi connectivity index (χ1) is 22.6. The van der Waals surface area contributed by atoms with Crippen LogP contribution in [-0.2, 0) is 37.2 Å². The van der Waals surface area contributed by atoms with Crippen LogP contribution in [0, 0.1) is 10.1 Å². The van der Waals surface area contributed by atoms with Crippen molar-refractivity contribution in [1.29, 1.82) is 0 Å². The molecule has 3 N–H and O–H groups in total. The number of fused-ring (bicyclic) bond motifs is 2. The maximum atomic E-state index is 13.7. The van der Waals surface area contributed by atoms with Crippen LogP contribution in [0.5, 0.6) is 11.5 Å². The predicted octanol–water partition coefficient (Wildman–Crippen LogP) is 2.01. The number of ketones is 1. The molecule has 3 aromatic carbocycles. The Hall–Kier alpha value is -4.51. The predicted molar refractivity (Wildman–Crippen MR) is 172 cm³/mol. The van der Waals surface area contributed by atoms with E-state index in [4.69, 9.17) is 9.47 Å². The zero-order chi connectivity index (χ0) is 33.6. The van der Waals surface area contributed by atoms with Gasteiger partial charge in [-0.25, -0.2) is 17.4 Å². The largest absolute Gasteiger partial charge is 0.486 e. The molecule has 0 aliphatic carbocycles. The third-order valence-corrected chi connectivity index (χ3v) is 10.3. The molecular weight excluding hydrogens is 651 g/mol. The maximum absolute atomic E-state index is 13.7. The highest BCUT2D eigenvalue weighted by molar-refractivity contribution is 7.97. The Labute approximate surface area is 275 Å². The summed E-state index contributed by atoms with van der Waals surface area (Å²) >= 11 is 1.41. The summed E-state index contributed by atoms with van der Waals surface area (Å²) in [7, 11) is -4.03. The van der Waals surface area contributed by atoms with E-state index in [9.17, 15) is 32.9 Å². The fourth-order valence-electron chi connectivity index (χ4n) is 5.13. The first kappa shape index (κ1) is 33.8. The van der Waals surface area contributed by atoms with Crippen molar-refractivity contribution in [3.8, 4) is 11.5 Å². The number of rotatable bonds is 13. The lowest BCUT2D eigenvalue weighted by Gasteiger charge is -2.35. The average molecular weight is 684 g/mol. The zero-order valence-corrected chi connectivity index (χ0v) is 27.0. The highest BCUT2D eigenvalue weighted by atomic mass is 32.2. The monoisotopic (exact) mass is 683 g/mol. The van der Waals surface area contributed by atoms with E-state index in [0.29, 0.717) is 37.7 Å². The second-order valence-electron chi connectivity index (χ2n) is 10.7. The number of nitrogens with one attached hydrogen (secondary N) is 3. The number of nitro groups is 1. The van der Waals surface area contributed by atoms with Gasteiger partial charge in [-0.3, -0.25) is 24.5 Å². The standard InChI is InChI=1S/C31H33N5O9S2/c1-2-35-25(17-21-18-26-27(19-28(21)46-35)45-15-14-44-26)30(38)34-24(16-20-6-4-3-5-7-20)29(37)31(39)32-12-13-33-47(42,43)23-10-8-22(9-11-23)36(40)41/h3-11,18-19,24-25,33H,2,12-17H2,1H3,(H,32,39)(H,34,38)/t24-,25?/m0/s1. The van der Waals surface area contributed by atoms with Gasteiger partial charge in [0.25, 0.3) is 11.6 Å². The topological polar surface area (TPSA) is 186 Å². The van der Waals surface area contributed by atoms with Crippen molar-refractivity contribution in [1.82, 2.24) is 19.7 Å². The van der Waals surface area contributed by atoms with Crippen molar-refractivity contribution in [3.05, 3.63) is 88.0 Å². The van der Waals surface area contributed by atoms with Crippen LogP contribution >= 0.6 is 11.9 Å². The van der Waals surface area contributed by atoms with Crippen LogP contribution in [0.1, 0.15) is 18.1 Å². The summed E-state index contributed by atoms with van der Waals surface area (Å²) in [5.41, 5.74) is 1.38. The molecule has 2 atom stereocenters. The van der Waals surface area contributed by atoms with Crippen LogP contribution in [0.25, 0.3) is 0 Å². The van der Waals surface area contributed by atoms with Crippen LogP contribution in [0.2, 0.25) is 0 Å². The number of non-ortho nitro benzene ring substituents is 1. The Morgan fingerprint density at radius 3 is 2.36 bits per heavy atom. The highest BCUT2D eigenvalue weighted by Gasteiger charge is 2.36. The van der Waals surface area contributed by atoms with Gasteiger partial charge in [-0.15, -0.1) is 0 Å². The van der Waals surface area contributed by atoms with Crippen molar-refractivity contribution in [2.24, 2.45) is 0 Å². The Balaban J connectivity index is 1.23. The number of carbonyl (C=O) groups is 3. The number of nitrogens with zero attached hydrogens (tertiary/aromatic N) is 2. The molecule has 0 saturated carbocycles. The number of likely N-dealkylation sites (N-methyl/N-ethyl adjacent to an activating group) is 1. The number of nitro benzene ring substituents is 1. The fraction of sp³-hybridized carbons (Fsp3) is 0.323. The number of sulfonamides is 1. The molecule has 47 heavy (non-hydrogen) atoms. The van der Waals surface area contributed by atoms with E-state index in [1.807, 2.05) is 29.4 Å². The molecule has 1 unspecified atom stereocenters. The molecule has 0 fully saturated rings. The fourth-order valence-corrected chi connectivity index (χ4v) is 7.26. The van der Waals surface area contributed by atoms with E-state index in [1.54, 1.807) is 24.3 Å². The lowest BCUT2D eigenvalue weighted by molar-refractivity contribution is -0.384. The van der Waals surface area contributed by atoms with E-state index >= 15 is 0 Å². The SMILES string of the molecule is CCN1Sc2cc3c(cc2CC1C(=O)N[C@@H](Cc1ccccc1)C(=O)C(=O)NCCNS(=O)(=O)c1ccc([N+](=O)[O-])cc1)OCCO3. The van der Waals surface area contributed by atoms with Gasteiger partial charge in [-0.05, 0) is 53.8 Å². The van der Waals surface area contributed by atoms with Crippen molar-refractivity contribution in [2.75, 3.05) is 32.8 Å². The molecule has 0 aromatic heterocycles. The minimum Gasteiger partial charge on any atom is -0.486 e. The van der Waals surface area contributed by atoms with Crippen molar-refractivity contribution >= 4 is 45.3 Å². The highest BCUT2D eigenvalue weighted by Crippen LogP contribution is 2.42. The summed E-state index contributed by atoms with van der Waals surface area (Å²) in [5.74, 6) is -1.02. The number of hydrogen-bond acceptors (Lipinski definition) is 11. The van der Waals surface area contributed by atoms with Crippen LogP contribution in [0.15, 0.2) is 76.5 Å². The van der Waals surface area contributed by atoms with Crippen molar-refractivity contribution < 1.29 is 37.2 Å². The number of carbonyl (C=O) groups excluding carboxylic acids is 3. The molecular formula is C31H33N5O9S2. The number of benzene rings is 3. The summed E-state index contributed by atoms with van der Waals surface area (Å²) in [6, 6.07) is 15.2.